The maximum atomic E-state index is 13.2. The number of aromatic amines is 1. The molecule has 1 aromatic carbocycles. The van der Waals surface area contributed by atoms with Gasteiger partial charge in [-0.3, -0.25) is 4.79 Å². The first-order chi connectivity index (χ1) is 11.3. The van der Waals surface area contributed by atoms with Crippen LogP contribution in [0.15, 0.2) is 43.1 Å². The summed E-state index contributed by atoms with van der Waals surface area (Å²) in [4.78, 5) is 18.7. The molecule has 4 nitrogen and oxygen atoms in total. The van der Waals surface area contributed by atoms with Gasteiger partial charge in [0.1, 0.15) is 12.3 Å². The Balaban J connectivity index is 1.68. The van der Waals surface area contributed by atoms with E-state index in [9.17, 15) is 4.79 Å². The van der Waals surface area contributed by atoms with Gasteiger partial charge in [-0.15, -0.1) is 6.58 Å². The topological polar surface area (TPSA) is 45.3 Å². The fourth-order valence-corrected chi connectivity index (χ4v) is 4.30. The van der Waals surface area contributed by atoms with Crippen LogP contribution in [0.4, 0.5) is 0 Å². The predicted molar refractivity (Wildman–Crippen MR) is 88.5 cm³/mol. The Morgan fingerprint density at radius 3 is 3.09 bits per heavy atom. The van der Waals surface area contributed by atoms with Crippen LogP contribution in [0.2, 0.25) is 0 Å². The fourth-order valence-electron chi connectivity index (χ4n) is 4.30. The van der Waals surface area contributed by atoms with Crippen LogP contribution < -0.4 is 0 Å². The minimum Gasteiger partial charge on any atom is -0.358 e. The van der Waals surface area contributed by atoms with Crippen molar-refractivity contribution in [3.8, 4) is 0 Å². The maximum Gasteiger partial charge on any atom is 0.165 e. The Bertz CT molecular complexity index is 850. The Hall–Kier alpha value is -2.33. The number of Topliss-reactive ketones (excluding diaryl/α,β-unsaturated/α-hetero) is 1. The molecule has 23 heavy (non-hydrogen) atoms. The monoisotopic (exact) mass is 306 g/mol. The molecule has 4 unspecified atom stereocenters. The molecular weight excluding hydrogens is 288 g/mol. The van der Waals surface area contributed by atoms with Gasteiger partial charge in [0.2, 0.25) is 0 Å². The summed E-state index contributed by atoms with van der Waals surface area (Å²) < 4.78 is 6.00. The molecule has 0 saturated carbocycles. The van der Waals surface area contributed by atoms with E-state index in [4.69, 9.17) is 4.74 Å². The number of fused-ring (bicyclic) bond motifs is 8. The molecule has 4 heteroatoms. The van der Waals surface area contributed by atoms with Crippen LogP contribution in [0.3, 0.4) is 0 Å². The maximum absolute atomic E-state index is 13.2. The van der Waals surface area contributed by atoms with Crippen LogP contribution in [0.5, 0.6) is 0 Å². The highest BCUT2D eigenvalue weighted by Gasteiger charge is 2.49. The molecule has 0 aliphatic carbocycles. The van der Waals surface area contributed by atoms with Crippen LogP contribution in [-0.2, 0) is 9.53 Å². The summed E-state index contributed by atoms with van der Waals surface area (Å²) in [6.45, 7) is 4.47. The number of nitrogens with one attached hydrogen (secondary N) is 1. The number of benzene rings is 1. The third-order valence-corrected chi connectivity index (χ3v) is 5.49. The van der Waals surface area contributed by atoms with Crippen LogP contribution in [-0.4, -0.2) is 28.5 Å². The molecular formula is C19H18N2O2. The highest BCUT2D eigenvalue weighted by molar-refractivity contribution is 5.97. The molecule has 5 rings (SSSR count). The molecule has 2 aromatic rings. The third-order valence-electron chi connectivity index (χ3n) is 5.49. The molecule has 2 fully saturated rings. The number of H-pyrrole nitrogens is 1. The molecule has 0 spiro atoms. The van der Waals surface area contributed by atoms with Crippen molar-refractivity contribution in [1.82, 2.24) is 9.88 Å². The first-order valence-corrected chi connectivity index (χ1v) is 8.12. The molecule has 2 bridgehead atoms. The van der Waals surface area contributed by atoms with Gasteiger partial charge in [0.15, 0.2) is 5.78 Å². The third kappa shape index (κ3) is 1.67. The van der Waals surface area contributed by atoms with Crippen LogP contribution >= 0.6 is 0 Å². The van der Waals surface area contributed by atoms with Crippen LogP contribution in [0, 0.1) is 11.8 Å². The van der Waals surface area contributed by atoms with E-state index in [1.165, 1.54) is 5.39 Å². The Labute approximate surface area is 134 Å². The lowest BCUT2D eigenvalue weighted by Gasteiger charge is -2.49. The minimum absolute atomic E-state index is 0.0123. The van der Waals surface area contributed by atoms with E-state index in [2.05, 4.69) is 34.7 Å². The van der Waals surface area contributed by atoms with Gasteiger partial charge < -0.3 is 14.6 Å². The molecule has 1 N–H and O–H groups in total. The molecule has 1 aromatic heterocycles. The number of para-hydroxylation sites is 1. The minimum atomic E-state index is -0.270. The molecule has 116 valence electrons. The average molecular weight is 306 g/mol. The average Bonchev–Trinajstić information content (AvgIpc) is 2.98. The zero-order valence-electron chi connectivity index (χ0n) is 12.7. The summed E-state index contributed by atoms with van der Waals surface area (Å²) in [5.41, 5.74) is 3.21. The van der Waals surface area contributed by atoms with Gasteiger partial charge in [-0.05, 0) is 12.1 Å². The Morgan fingerprint density at radius 1 is 1.35 bits per heavy atom. The standard InChI is InChI=1S/C19H18N2O2/c1-2-11-10-23-16-9-14(11)19(22)18-17-13(7-8-21(16)18)12-5-3-4-6-15(12)20-17/h2-8,11,14,16,18,20H,1,9-10H2. The van der Waals surface area contributed by atoms with Gasteiger partial charge >= 0.3 is 0 Å². The van der Waals surface area contributed by atoms with Crippen molar-refractivity contribution in [2.24, 2.45) is 11.8 Å². The molecule has 0 radical (unpaired) electrons. The number of hydrogen-bond acceptors (Lipinski definition) is 3. The first-order valence-electron chi connectivity index (χ1n) is 8.12. The van der Waals surface area contributed by atoms with E-state index in [0.717, 1.165) is 23.2 Å². The van der Waals surface area contributed by atoms with Gasteiger partial charge in [0.05, 0.1) is 12.3 Å². The van der Waals surface area contributed by atoms with Gasteiger partial charge in [0.25, 0.3) is 0 Å². The van der Waals surface area contributed by atoms with Gasteiger partial charge in [-0.2, -0.15) is 0 Å². The molecule has 4 atom stereocenters. The lowest BCUT2D eigenvalue weighted by Crippen LogP contribution is -2.55. The number of aromatic nitrogens is 1. The molecule has 2 saturated heterocycles. The van der Waals surface area contributed by atoms with Crippen molar-refractivity contribution in [3.05, 3.63) is 54.4 Å². The van der Waals surface area contributed by atoms with Crippen molar-refractivity contribution < 1.29 is 9.53 Å². The summed E-state index contributed by atoms with van der Waals surface area (Å²) in [5, 5.41) is 1.17. The van der Waals surface area contributed by atoms with E-state index in [0.29, 0.717) is 6.61 Å². The number of piperidine rings is 1. The predicted octanol–water partition coefficient (Wildman–Crippen LogP) is 3.24. The van der Waals surface area contributed by atoms with E-state index >= 15 is 0 Å². The number of rotatable bonds is 1. The first kappa shape index (κ1) is 13.1. The molecule has 4 heterocycles. The van der Waals surface area contributed by atoms with E-state index in [1.807, 2.05) is 24.4 Å². The summed E-state index contributed by atoms with van der Waals surface area (Å²) in [5.74, 6) is 0.421. The zero-order chi connectivity index (χ0) is 15.6. The highest BCUT2D eigenvalue weighted by atomic mass is 16.5. The quantitative estimate of drug-likeness (QED) is 0.823. The lowest BCUT2D eigenvalue weighted by molar-refractivity contribution is -0.169. The van der Waals surface area contributed by atoms with E-state index in [-0.39, 0.29) is 29.9 Å². The van der Waals surface area contributed by atoms with Crippen molar-refractivity contribution >= 4 is 22.8 Å². The second-order valence-corrected chi connectivity index (χ2v) is 6.60. The number of nitrogens with zero attached hydrogens (tertiary/aromatic N) is 1. The smallest absolute Gasteiger partial charge is 0.165 e. The zero-order valence-corrected chi connectivity index (χ0v) is 12.7. The summed E-state index contributed by atoms with van der Waals surface area (Å²) in [6, 6.07) is 7.93. The van der Waals surface area contributed by atoms with Crippen molar-refractivity contribution in [3.63, 3.8) is 0 Å². The summed E-state index contributed by atoms with van der Waals surface area (Å²) in [6.07, 6.45) is 6.74. The van der Waals surface area contributed by atoms with Crippen LogP contribution in [0.1, 0.15) is 23.7 Å². The Morgan fingerprint density at radius 2 is 2.22 bits per heavy atom. The van der Waals surface area contributed by atoms with Crippen molar-refractivity contribution in [2.45, 2.75) is 18.7 Å². The van der Waals surface area contributed by atoms with Crippen LogP contribution in [0.25, 0.3) is 17.0 Å². The fraction of sp³-hybridized carbons (Fsp3) is 0.316. The van der Waals surface area contributed by atoms with Crippen molar-refractivity contribution in [2.75, 3.05) is 6.61 Å². The molecule has 0 amide bonds. The second kappa shape index (κ2) is 4.59. The number of carbonyl (C=O) groups excluding carboxylic acids is 1. The van der Waals surface area contributed by atoms with E-state index < -0.39 is 0 Å². The van der Waals surface area contributed by atoms with Gasteiger partial charge in [0, 0.05) is 40.9 Å². The van der Waals surface area contributed by atoms with E-state index in [1.54, 1.807) is 0 Å². The lowest BCUT2D eigenvalue weighted by atomic mass is 9.76. The number of ketones is 1. The Kier molecular flexibility index (Phi) is 2.62. The number of ether oxygens (including phenoxy) is 1. The normalized spacial score (nSPS) is 31.8. The number of hydrogen-bond donors (Lipinski definition) is 1. The SMILES string of the molecule is C=CC1COC2CC1C(=O)C1c3[nH]c4ccccc4c3C=CN21. The highest BCUT2D eigenvalue weighted by Crippen LogP contribution is 2.46. The van der Waals surface area contributed by atoms with Gasteiger partial charge in [-0.25, -0.2) is 0 Å². The van der Waals surface area contributed by atoms with Gasteiger partial charge in [-0.1, -0.05) is 24.3 Å². The molecule has 3 aliphatic rings. The van der Waals surface area contributed by atoms with Crippen molar-refractivity contribution in [1.29, 1.82) is 0 Å². The summed E-state index contributed by atoms with van der Waals surface area (Å²) >= 11 is 0. The largest absolute Gasteiger partial charge is 0.358 e. The molecule has 3 aliphatic heterocycles. The number of carbonyl (C=O) groups is 1. The summed E-state index contributed by atoms with van der Waals surface area (Å²) in [7, 11) is 0. The second-order valence-electron chi connectivity index (χ2n) is 6.60.